The second kappa shape index (κ2) is 9.97. The first-order valence-electron chi connectivity index (χ1n) is 8.99. The Morgan fingerprint density at radius 2 is 1.38 bits per heavy atom. The van der Waals surface area contributed by atoms with Crippen molar-refractivity contribution in [2.75, 3.05) is 20.1 Å². The zero-order valence-corrected chi connectivity index (χ0v) is 17.9. The summed E-state index contributed by atoms with van der Waals surface area (Å²) in [5, 5.41) is 2.66. The number of carbonyl (C=O) groups excluding carboxylic acids is 1. The lowest BCUT2D eigenvalue weighted by Gasteiger charge is -2.09. The number of benzene rings is 2. The van der Waals surface area contributed by atoms with Gasteiger partial charge < -0.3 is 5.32 Å². The van der Waals surface area contributed by atoms with Gasteiger partial charge in [-0.1, -0.05) is 29.8 Å². The van der Waals surface area contributed by atoms with Crippen molar-refractivity contribution >= 4 is 26.0 Å². The van der Waals surface area contributed by atoms with Crippen LogP contribution in [0, 0.1) is 6.92 Å². The Balaban J connectivity index is 1.74. The van der Waals surface area contributed by atoms with Crippen LogP contribution in [0.3, 0.4) is 0 Å². The Hall–Kier alpha value is -2.27. The highest BCUT2D eigenvalue weighted by atomic mass is 32.2. The highest BCUT2D eigenvalue weighted by Crippen LogP contribution is 2.11. The van der Waals surface area contributed by atoms with Crippen LogP contribution in [0.1, 0.15) is 17.5 Å². The number of aryl methyl sites for hydroxylation is 2. The molecule has 0 atom stereocenters. The fourth-order valence-electron chi connectivity index (χ4n) is 2.49. The lowest BCUT2D eigenvalue weighted by molar-refractivity contribution is -0.121. The molecule has 0 saturated carbocycles. The molecule has 2 aromatic carbocycles. The van der Waals surface area contributed by atoms with Crippen LogP contribution in [0.25, 0.3) is 0 Å². The third-order valence-electron chi connectivity index (χ3n) is 4.21. The summed E-state index contributed by atoms with van der Waals surface area (Å²) >= 11 is 0. The van der Waals surface area contributed by atoms with E-state index in [1.807, 2.05) is 6.92 Å². The molecule has 0 aromatic heterocycles. The molecule has 10 heteroatoms. The molecule has 158 valence electrons. The zero-order valence-electron chi connectivity index (χ0n) is 16.3. The van der Waals surface area contributed by atoms with E-state index in [-0.39, 0.29) is 35.2 Å². The molecule has 0 spiro atoms. The van der Waals surface area contributed by atoms with Crippen molar-refractivity contribution in [3.8, 4) is 0 Å². The Kier molecular flexibility index (Phi) is 7.91. The summed E-state index contributed by atoms with van der Waals surface area (Å²) in [6, 6.07) is 12.8. The maximum Gasteiger partial charge on any atom is 0.240 e. The van der Waals surface area contributed by atoms with Crippen LogP contribution in [0.4, 0.5) is 0 Å². The molecule has 2 rings (SSSR count). The van der Waals surface area contributed by atoms with Gasteiger partial charge in [0, 0.05) is 19.5 Å². The van der Waals surface area contributed by atoms with E-state index in [1.54, 1.807) is 24.3 Å². The first-order chi connectivity index (χ1) is 13.6. The molecule has 0 radical (unpaired) electrons. The number of carbonyl (C=O) groups is 1. The molecule has 1 amide bonds. The Morgan fingerprint density at radius 1 is 0.828 bits per heavy atom. The van der Waals surface area contributed by atoms with Crippen molar-refractivity contribution in [1.82, 2.24) is 14.8 Å². The van der Waals surface area contributed by atoms with Crippen LogP contribution in [0.15, 0.2) is 58.3 Å². The lowest BCUT2D eigenvalue weighted by atomic mass is 10.1. The lowest BCUT2D eigenvalue weighted by Crippen LogP contribution is -2.34. The van der Waals surface area contributed by atoms with Gasteiger partial charge in [0.25, 0.3) is 0 Å². The molecule has 0 unspecified atom stereocenters. The molecule has 0 bridgehead atoms. The van der Waals surface area contributed by atoms with Gasteiger partial charge in [-0.2, -0.15) is 0 Å². The second-order valence-electron chi connectivity index (χ2n) is 6.41. The number of nitrogens with one attached hydrogen (secondary N) is 3. The number of hydrogen-bond acceptors (Lipinski definition) is 5. The Bertz CT molecular complexity index is 1030. The third-order valence-corrected chi connectivity index (χ3v) is 7.12. The summed E-state index contributed by atoms with van der Waals surface area (Å²) in [6.45, 7) is 2.12. The summed E-state index contributed by atoms with van der Waals surface area (Å²) in [5.74, 6) is -0.216. The molecule has 0 heterocycles. The Labute approximate surface area is 171 Å². The number of hydrogen-bond donors (Lipinski definition) is 3. The number of sulfonamides is 2. The molecule has 0 aliphatic rings. The van der Waals surface area contributed by atoms with Gasteiger partial charge in [-0.25, -0.2) is 26.3 Å². The van der Waals surface area contributed by atoms with Gasteiger partial charge in [-0.05, 0) is 50.2 Å². The summed E-state index contributed by atoms with van der Waals surface area (Å²) in [7, 11) is -5.74. The molecule has 3 N–H and O–H groups in total. The van der Waals surface area contributed by atoms with Gasteiger partial charge in [0.1, 0.15) is 0 Å². The summed E-state index contributed by atoms with van der Waals surface area (Å²) in [4.78, 5) is 12.3. The van der Waals surface area contributed by atoms with E-state index in [2.05, 4.69) is 14.8 Å². The number of amides is 1. The monoisotopic (exact) mass is 439 g/mol. The fraction of sp³-hybridized carbons (Fsp3) is 0.316. The van der Waals surface area contributed by atoms with Crippen molar-refractivity contribution in [3.05, 3.63) is 59.7 Å². The van der Waals surface area contributed by atoms with E-state index in [0.29, 0.717) is 6.42 Å². The van der Waals surface area contributed by atoms with E-state index >= 15 is 0 Å². The molecule has 2 aromatic rings. The quantitative estimate of drug-likeness (QED) is 0.476. The molecule has 0 fully saturated rings. The van der Waals surface area contributed by atoms with Crippen LogP contribution in [-0.2, 0) is 31.3 Å². The van der Waals surface area contributed by atoms with E-state index < -0.39 is 20.0 Å². The average Bonchev–Trinajstić information content (AvgIpc) is 2.70. The van der Waals surface area contributed by atoms with E-state index in [4.69, 9.17) is 0 Å². The van der Waals surface area contributed by atoms with Gasteiger partial charge in [-0.3, -0.25) is 4.79 Å². The molecule has 29 heavy (non-hydrogen) atoms. The first kappa shape index (κ1) is 23.0. The van der Waals surface area contributed by atoms with Crippen LogP contribution in [-0.4, -0.2) is 42.9 Å². The van der Waals surface area contributed by atoms with E-state index in [0.717, 1.165) is 11.1 Å². The average molecular weight is 440 g/mol. The molecule has 8 nitrogen and oxygen atoms in total. The first-order valence-corrected chi connectivity index (χ1v) is 12.0. The summed E-state index contributed by atoms with van der Waals surface area (Å²) < 4.78 is 52.3. The van der Waals surface area contributed by atoms with Crippen LogP contribution in [0.5, 0.6) is 0 Å². The molecule has 0 saturated heterocycles. The number of rotatable bonds is 10. The smallest absolute Gasteiger partial charge is 0.240 e. The van der Waals surface area contributed by atoms with Crippen molar-refractivity contribution in [3.63, 3.8) is 0 Å². The largest absolute Gasteiger partial charge is 0.355 e. The maximum atomic E-state index is 12.1. The molecular formula is C19H25N3O5S2. The van der Waals surface area contributed by atoms with Crippen LogP contribution < -0.4 is 14.8 Å². The van der Waals surface area contributed by atoms with Crippen LogP contribution >= 0.6 is 0 Å². The predicted molar refractivity (Wildman–Crippen MR) is 110 cm³/mol. The second-order valence-corrected chi connectivity index (χ2v) is 10.1. The topological polar surface area (TPSA) is 121 Å². The van der Waals surface area contributed by atoms with Crippen molar-refractivity contribution in [1.29, 1.82) is 0 Å². The molecule has 0 aliphatic carbocycles. The normalized spacial score (nSPS) is 11.9. The van der Waals surface area contributed by atoms with Crippen molar-refractivity contribution in [2.45, 2.75) is 29.6 Å². The van der Waals surface area contributed by atoms with E-state index in [1.165, 1.54) is 31.3 Å². The van der Waals surface area contributed by atoms with Crippen molar-refractivity contribution < 1.29 is 21.6 Å². The van der Waals surface area contributed by atoms with Crippen molar-refractivity contribution in [2.24, 2.45) is 0 Å². The Morgan fingerprint density at radius 3 is 1.97 bits per heavy atom. The van der Waals surface area contributed by atoms with Gasteiger partial charge in [0.2, 0.25) is 26.0 Å². The minimum atomic E-state index is -3.60. The standard InChI is InChI=1S/C19H25N3O5S2/c1-15-3-8-18(9-4-15)29(26,27)22-14-13-21-19(23)12-7-16-5-10-17(11-6-16)28(24,25)20-2/h3-6,8-11,20,22H,7,12-14H2,1-2H3,(H,21,23). The van der Waals surface area contributed by atoms with Gasteiger partial charge in [0.15, 0.2) is 0 Å². The fourth-order valence-corrected chi connectivity index (χ4v) is 4.25. The van der Waals surface area contributed by atoms with Gasteiger partial charge in [0.05, 0.1) is 9.79 Å². The van der Waals surface area contributed by atoms with E-state index in [9.17, 15) is 21.6 Å². The van der Waals surface area contributed by atoms with Gasteiger partial charge in [-0.15, -0.1) is 0 Å². The SMILES string of the molecule is CNS(=O)(=O)c1ccc(CCC(=O)NCCNS(=O)(=O)c2ccc(C)cc2)cc1. The highest BCUT2D eigenvalue weighted by Gasteiger charge is 2.13. The zero-order chi connectivity index (χ0) is 21.5. The predicted octanol–water partition coefficient (Wildman–Crippen LogP) is 0.930. The molecule has 0 aliphatic heterocycles. The minimum absolute atomic E-state index is 0.0819. The van der Waals surface area contributed by atoms with Gasteiger partial charge >= 0.3 is 0 Å². The third kappa shape index (κ3) is 6.93. The van der Waals surface area contributed by atoms with Crippen LogP contribution in [0.2, 0.25) is 0 Å². The maximum absolute atomic E-state index is 12.1. The summed E-state index contributed by atoms with van der Waals surface area (Å²) in [5.41, 5.74) is 1.80. The minimum Gasteiger partial charge on any atom is -0.355 e. The highest BCUT2D eigenvalue weighted by molar-refractivity contribution is 7.89. The summed E-state index contributed by atoms with van der Waals surface area (Å²) in [6.07, 6.45) is 0.656. The molecular weight excluding hydrogens is 414 g/mol.